The number of hydrogen-bond acceptors (Lipinski definition) is 6. The molecule has 172 valence electrons. The molecule has 1 aromatic carbocycles. The molecule has 2 aromatic rings. The lowest BCUT2D eigenvalue weighted by molar-refractivity contribution is 0.122. The molecule has 1 saturated carbocycles. The summed E-state index contributed by atoms with van der Waals surface area (Å²) in [7, 11) is 3.96. The van der Waals surface area contributed by atoms with E-state index in [1.807, 2.05) is 43.3 Å². The molecule has 0 radical (unpaired) electrons. The lowest BCUT2D eigenvalue weighted by Crippen LogP contribution is -2.37. The van der Waals surface area contributed by atoms with Crippen molar-refractivity contribution in [2.75, 3.05) is 63.7 Å². The lowest BCUT2D eigenvalue weighted by Gasteiger charge is -2.28. The Balaban J connectivity index is 1.45. The monoisotopic (exact) mass is 457 g/mol. The number of rotatable bonds is 9. The maximum atomic E-state index is 12.1. The van der Waals surface area contributed by atoms with Gasteiger partial charge in [-0.3, -0.25) is 0 Å². The second kappa shape index (κ2) is 11.0. The van der Waals surface area contributed by atoms with E-state index >= 15 is 0 Å². The summed E-state index contributed by atoms with van der Waals surface area (Å²) in [4.78, 5) is 26.1. The van der Waals surface area contributed by atoms with Crippen LogP contribution in [0.15, 0.2) is 30.3 Å². The van der Waals surface area contributed by atoms with Crippen molar-refractivity contribution < 1.29 is 9.53 Å². The Kier molecular flexibility index (Phi) is 7.83. The number of carbonyl (C=O) groups excluding carboxylic acids is 1. The molecule has 2 N–H and O–H groups in total. The summed E-state index contributed by atoms with van der Waals surface area (Å²) in [5, 5.41) is 6.57. The topological polar surface area (TPSA) is 82.6 Å². The van der Waals surface area contributed by atoms with Crippen LogP contribution >= 0.6 is 0 Å². The fraction of sp³-hybridized carbons (Fsp3) is 0.522. The van der Waals surface area contributed by atoms with Crippen LogP contribution in [-0.4, -0.2) is 79.6 Å². The first-order valence-corrected chi connectivity index (χ1v) is 12.4. The van der Waals surface area contributed by atoms with E-state index in [1.54, 1.807) is 0 Å². The Labute approximate surface area is 194 Å². The van der Waals surface area contributed by atoms with Gasteiger partial charge in [-0.15, -0.1) is 0 Å². The molecular formula is C23H33N6O2S+. The second-order valence-corrected chi connectivity index (χ2v) is 9.89. The third-order valence-corrected chi connectivity index (χ3v) is 6.94. The molecule has 0 bridgehead atoms. The Bertz CT molecular complexity index is 898. The van der Waals surface area contributed by atoms with Crippen LogP contribution in [-0.2, 0) is 22.3 Å². The van der Waals surface area contributed by atoms with E-state index in [0.29, 0.717) is 6.54 Å². The van der Waals surface area contributed by atoms with E-state index in [9.17, 15) is 4.79 Å². The van der Waals surface area contributed by atoms with Gasteiger partial charge in [0.25, 0.3) is 0 Å². The highest BCUT2D eigenvalue weighted by molar-refractivity contribution is 7.78. The van der Waals surface area contributed by atoms with Gasteiger partial charge in [-0.05, 0) is 63.0 Å². The maximum Gasteiger partial charge on any atom is 0.319 e. The molecule has 2 heterocycles. The van der Waals surface area contributed by atoms with Crippen molar-refractivity contribution in [3.8, 4) is 11.4 Å². The summed E-state index contributed by atoms with van der Waals surface area (Å²) in [6, 6.07) is 9.66. The number of carbonyl (C=O) groups is 1. The van der Waals surface area contributed by atoms with Crippen molar-refractivity contribution in [1.29, 1.82) is 0 Å². The van der Waals surface area contributed by atoms with E-state index in [-0.39, 0.29) is 6.03 Å². The number of morpholine rings is 1. The number of amides is 2. The summed E-state index contributed by atoms with van der Waals surface area (Å²) < 4.78 is 5.51. The number of urea groups is 1. The quantitative estimate of drug-likeness (QED) is 0.444. The first kappa shape index (κ1) is 22.8. The van der Waals surface area contributed by atoms with Gasteiger partial charge in [0.2, 0.25) is 0 Å². The molecule has 1 aliphatic carbocycles. The van der Waals surface area contributed by atoms with Crippen LogP contribution in [0, 0.1) is 0 Å². The van der Waals surface area contributed by atoms with Gasteiger partial charge in [0, 0.05) is 43.5 Å². The highest BCUT2D eigenvalue weighted by Crippen LogP contribution is 2.27. The number of aromatic nitrogens is 2. The van der Waals surface area contributed by atoms with Gasteiger partial charge in [0.15, 0.2) is 5.82 Å². The van der Waals surface area contributed by atoms with Crippen LogP contribution in [0.5, 0.6) is 0 Å². The molecule has 0 spiro atoms. The van der Waals surface area contributed by atoms with Crippen LogP contribution in [0.4, 0.5) is 16.3 Å². The van der Waals surface area contributed by atoms with Crippen molar-refractivity contribution in [2.45, 2.75) is 23.8 Å². The number of nitrogens with zero attached hydrogens (tertiary/aromatic N) is 4. The van der Waals surface area contributed by atoms with Gasteiger partial charge in [-0.25, -0.2) is 14.8 Å². The maximum absolute atomic E-state index is 12.1. The molecular weight excluding hydrogens is 424 g/mol. The molecule has 1 aromatic heterocycles. The number of nitrogens with one attached hydrogen (secondary N) is 2. The number of likely N-dealkylation sites (N-methyl/N-ethyl adjacent to an activating group) is 1. The first-order chi connectivity index (χ1) is 15.6. The van der Waals surface area contributed by atoms with Crippen LogP contribution in [0.25, 0.3) is 11.4 Å². The number of anilines is 2. The predicted molar refractivity (Wildman–Crippen MR) is 132 cm³/mol. The van der Waals surface area contributed by atoms with E-state index < -0.39 is 0 Å². The van der Waals surface area contributed by atoms with E-state index in [1.165, 1.54) is 24.6 Å². The molecule has 2 amide bonds. The van der Waals surface area contributed by atoms with Gasteiger partial charge < -0.3 is 25.2 Å². The molecule has 2 fully saturated rings. The molecule has 1 aliphatic heterocycles. The summed E-state index contributed by atoms with van der Waals surface area (Å²) in [5.74, 6) is 2.67. The fourth-order valence-electron chi connectivity index (χ4n) is 3.40. The normalized spacial score (nSPS) is 16.3. The second-order valence-electron chi connectivity index (χ2n) is 8.47. The average Bonchev–Trinajstić information content (AvgIpc) is 3.63. The summed E-state index contributed by atoms with van der Waals surface area (Å²) in [6.07, 6.45) is 2.68. The Morgan fingerprint density at radius 2 is 1.94 bits per heavy atom. The molecule has 9 heteroatoms. The zero-order valence-electron chi connectivity index (χ0n) is 18.9. The number of ether oxygens (including phenoxy) is 1. The van der Waals surface area contributed by atoms with E-state index in [2.05, 4.69) is 21.6 Å². The standard InChI is InChI=1S/C23H32N6O2S/c1-28(2)10-9-24-23(30)26-18-5-3-17(4-6-18)22-25-19(16-32-20-7-8-20)15-21(27-22)29-11-13-31-14-12-29/h3-6,15,20H,7-14,16H2,1-2H3,(H2,24,26,30)/p+1. The van der Waals surface area contributed by atoms with Crippen LogP contribution in [0.2, 0.25) is 0 Å². The van der Waals surface area contributed by atoms with Crippen molar-refractivity contribution in [3.05, 3.63) is 36.0 Å². The largest absolute Gasteiger partial charge is 0.378 e. The average molecular weight is 458 g/mol. The SMILES string of the molecule is CN(C)CCNC(=O)Nc1ccc(-c2nc(C[SH+]C3CC3)cc(N3CCOCC3)n2)cc1. The van der Waals surface area contributed by atoms with Crippen LogP contribution < -0.4 is 15.5 Å². The van der Waals surface area contributed by atoms with Crippen molar-refractivity contribution in [3.63, 3.8) is 0 Å². The highest BCUT2D eigenvalue weighted by atomic mass is 32.2. The van der Waals surface area contributed by atoms with Crippen LogP contribution in [0.3, 0.4) is 0 Å². The zero-order valence-corrected chi connectivity index (χ0v) is 19.8. The number of benzene rings is 1. The summed E-state index contributed by atoms with van der Waals surface area (Å²) in [5.41, 5.74) is 2.78. The Morgan fingerprint density at radius 3 is 2.62 bits per heavy atom. The third kappa shape index (κ3) is 6.82. The molecule has 8 nitrogen and oxygen atoms in total. The van der Waals surface area contributed by atoms with E-state index in [0.717, 1.165) is 72.4 Å². The van der Waals surface area contributed by atoms with E-state index in [4.69, 9.17) is 14.7 Å². The first-order valence-electron chi connectivity index (χ1n) is 11.2. The highest BCUT2D eigenvalue weighted by Gasteiger charge is 2.30. The van der Waals surface area contributed by atoms with Crippen LogP contribution in [0.1, 0.15) is 18.5 Å². The van der Waals surface area contributed by atoms with Gasteiger partial charge in [-0.2, -0.15) is 0 Å². The zero-order chi connectivity index (χ0) is 22.3. The van der Waals surface area contributed by atoms with Crippen molar-refractivity contribution >= 4 is 29.3 Å². The molecule has 1 saturated heterocycles. The molecule has 2 aliphatic rings. The lowest BCUT2D eigenvalue weighted by atomic mass is 10.2. The number of hydrogen-bond donors (Lipinski definition) is 2. The molecule has 4 rings (SSSR count). The minimum Gasteiger partial charge on any atom is -0.378 e. The Morgan fingerprint density at radius 1 is 1.19 bits per heavy atom. The van der Waals surface area contributed by atoms with Gasteiger partial charge in [-0.1, -0.05) is 0 Å². The third-order valence-electron chi connectivity index (χ3n) is 5.40. The van der Waals surface area contributed by atoms with Crippen molar-refractivity contribution in [2.24, 2.45) is 0 Å². The molecule has 32 heavy (non-hydrogen) atoms. The minimum atomic E-state index is -0.202. The minimum absolute atomic E-state index is 0.202. The Hall–Kier alpha value is -2.36. The summed E-state index contributed by atoms with van der Waals surface area (Å²) in [6.45, 7) is 4.55. The van der Waals surface area contributed by atoms with Crippen molar-refractivity contribution in [1.82, 2.24) is 20.2 Å². The summed E-state index contributed by atoms with van der Waals surface area (Å²) >= 11 is 1.46. The smallest absolute Gasteiger partial charge is 0.319 e. The molecule has 0 unspecified atom stereocenters. The van der Waals surface area contributed by atoms with Gasteiger partial charge in [0.1, 0.15) is 16.8 Å². The number of thiol groups is 1. The van der Waals surface area contributed by atoms with Gasteiger partial charge >= 0.3 is 6.03 Å². The fourth-order valence-corrected chi connectivity index (χ4v) is 4.52. The predicted octanol–water partition coefficient (Wildman–Crippen LogP) is 2.14. The van der Waals surface area contributed by atoms with Gasteiger partial charge in [0.05, 0.1) is 18.9 Å². The molecule has 0 atom stereocenters.